The monoisotopic (exact) mass is 339 g/mol. The topological polar surface area (TPSA) is 61.4 Å². The summed E-state index contributed by atoms with van der Waals surface area (Å²) in [6.45, 7) is 3.58. The summed E-state index contributed by atoms with van der Waals surface area (Å²) in [6, 6.07) is 3.30. The van der Waals surface area contributed by atoms with Gasteiger partial charge in [0.1, 0.15) is 0 Å². The summed E-state index contributed by atoms with van der Waals surface area (Å²) in [5.74, 6) is -2.30. The molecule has 0 spiro atoms. The number of benzene rings is 1. The third-order valence-electron chi connectivity index (χ3n) is 4.08. The molecule has 0 radical (unpaired) electrons. The van der Waals surface area contributed by atoms with Gasteiger partial charge < -0.3 is 10.6 Å². The van der Waals surface area contributed by atoms with Crippen molar-refractivity contribution in [3.63, 3.8) is 0 Å². The van der Waals surface area contributed by atoms with Crippen LogP contribution in [0.4, 0.5) is 8.78 Å². The van der Waals surface area contributed by atoms with Crippen LogP contribution in [-0.4, -0.2) is 42.4 Å². The molecular formula is C17H23F2N3O2. The van der Waals surface area contributed by atoms with E-state index in [1.165, 1.54) is 12.1 Å². The maximum absolute atomic E-state index is 13.9. The van der Waals surface area contributed by atoms with Gasteiger partial charge in [-0.25, -0.2) is 8.78 Å². The number of unbranched alkanes of at least 4 members (excludes halogenated alkanes) is 1. The Hall–Kier alpha value is -2.02. The minimum atomic E-state index is -0.914. The second-order valence-corrected chi connectivity index (χ2v) is 5.90. The lowest BCUT2D eigenvalue weighted by molar-refractivity contribution is -0.134. The Kier molecular flexibility index (Phi) is 6.66. The van der Waals surface area contributed by atoms with Crippen LogP contribution in [0, 0.1) is 11.6 Å². The van der Waals surface area contributed by atoms with Crippen molar-refractivity contribution >= 4 is 11.8 Å². The van der Waals surface area contributed by atoms with Crippen LogP contribution in [0.25, 0.3) is 0 Å². The van der Waals surface area contributed by atoms with Gasteiger partial charge in [-0.15, -0.1) is 0 Å². The lowest BCUT2D eigenvalue weighted by Crippen LogP contribution is -2.56. The average molecular weight is 339 g/mol. The van der Waals surface area contributed by atoms with Gasteiger partial charge in [0, 0.05) is 31.7 Å². The molecule has 1 saturated heterocycles. The van der Waals surface area contributed by atoms with Crippen LogP contribution in [0.1, 0.15) is 31.7 Å². The lowest BCUT2D eigenvalue weighted by Gasteiger charge is -2.34. The number of hydrogen-bond donors (Lipinski definition) is 2. The van der Waals surface area contributed by atoms with Crippen molar-refractivity contribution in [2.45, 2.75) is 38.8 Å². The number of rotatable bonds is 7. The third kappa shape index (κ3) is 4.74. The number of piperazine rings is 1. The first-order valence-electron chi connectivity index (χ1n) is 8.24. The first-order chi connectivity index (χ1) is 11.5. The number of amides is 2. The quantitative estimate of drug-likeness (QED) is 0.742. The molecule has 1 heterocycles. The summed E-state index contributed by atoms with van der Waals surface area (Å²) in [7, 11) is 0. The van der Waals surface area contributed by atoms with Crippen LogP contribution < -0.4 is 10.6 Å². The summed E-state index contributed by atoms with van der Waals surface area (Å²) < 4.78 is 27.2. The van der Waals surface area contributed by atoms with E-state index in [1.54, 1.807) is 4.90 Å². The van der Waals surface area contributed by atoms with Gasteiger partial charge in [0.05, 0.1) is 12.5 Å². The second kappa shape index (κ2) is 8.73. The van der Waals surface area contributed by atoms with E-state index < -0.39 is 17.7 Å². The van der Waals surface area contributed by atoms with Crippen LogP contribution in [-0.2, 0) is 16.1 Å². The second-order valence-electron chi connectivity index (χ2n) is 5.90. The molecule has 132 valence electrons. The van der Waals surface area contributed by atoms with Gasteiger partial charge in [-0.3, -0.25) is 14.5 Å². The number of carbonyl (C=O) groups is 2. The van der Waals surface area contributed by atoms with E-state index in [2.05, 4.69) is 10.6 Å². The summed E-state index contributed by atoms with van der Waals surface area (Å²) >= 11 is 0. The number of hydrogen-bond acceptors (Lipinski definition) is 3. The van der Waals surface area contributed by atoms with E-state index >= 15 is 0 Å². The fourth-order valence-electron chi connectivity index (χ4n) is 2.71. The Labute approximate surface area is 140 Å². The van der Waals surface area contributed by atoms with Gasteiger partial charge in [0.25, 0.3) is 0 Å². The van der Waals surface area contributed by atoms with E-state index in [4.69, 9.17) is 0 Å². The Morgan fingerprint density at radius 2 is 2.21 bits per heavy atom. The molecular weight excluding hydrogens is 316 g/mol. The lowest BCUT2D eigenvalue weighted by atomic mass is 10.1. The fraction of sp³-hybridized carbons (Fsp3) is 0.529. The van der Waals surface area contributed by atoms with Crippen LogP contribution in [0.2, 0.25) is 0 Å². The van der Waals surface area contributed by atoms with Gasteiger partial charge in [-0.2, -0.15) is 0 Å². The van der Waals surface area contributed by atoms with Gasteiger partial charge >= 0.3 is 0 Å². The number of nitrogens with one attached hydrogen (secondary N) is 2. The zero-order valence-corrected chi connectivity index (χ0v) is 13.8. The largest absolute Gasteiger partial charge is 0.356 e. The molecule has 0 bridgehead atoms. The number of nitrogens with zero attached hydrogens (tertiary/aromatic N) is 1. The van der Waals surface area contributed by atoms with E-state index in [9.17, 15) is 18.4 Å². The maximum Gasteiger partial charge on any atom is 0.237 e. The molecule has 1 fully saturated rings. The Bertz CT molecular complexity index is 595. The molecule has 7 heteroatoms. The Balaban J connectivity index is 2.04. The van der Waals surface area contributed by atoms with Gasteiger partial charge in [-0.05, 0) is 12.5 Å². The van der Waals surface area contributed by atoms with Crippen molar-refractivity contribution in [1.82, 2.24) is 15.5 Å². The third-order valence-corrected chi connectivity index (χ3v) is 4.08. The minimum absolute atomic E-state index is 0.00643. The highest BCUT2D eigenvalue weighted by atomic mass is 19.2. The van der Waals surface area contributed by atoms with Gasteiger partial charge in [-0.1, -0.05) is 25.5 Å². The Morgan fingerprint density at radius 3 is 2.96 bits per heavy atom. The first-order valence-corrected chi connectivity index (χ1v) is 8.24. The average Bonchev–Trinajstić information content (AvgIpc) is 2.55. The minimum Gasteiger partial charge on any atom is -0.356 e. The molecule has 1 aliphatic rings. The van der Waals surface area contributed by atoms with Crippen molar-refractivity contribution in [2.24, 2.45) is 0 Å². The molecule has 2 amide bonds. The SMILES string of the molecule is CCCCNC(=O)CC1C(=O)NCCN1Cc1cccc(F)c1F. The van der Waals surface area contributed by atoms with Gasteiger partial charge in [0.15, 0.2) is 11.6 Å². The molecule has 1 atom stereocenters. The predicted octanol–water partition coefficient (Wildman–Crippen LogP) is 1.57. The maximum atomic E-state index is 13.9. The van der Waals surface area contributed by atoms with Crippen LogP contribution >= 0.6 is 0 Å². The van der Waals surface area contributed by atoms with E-state index in [-0.39, 0.29) is 30.3 Å². The highest BCUT2D eigenvalue weighted by Gasteiger charge is 2.32. The van der Waals surface area contributed by atoms with Crippen LogP contribution in [0.15, 0.2) is 18.2 Å². The number of carbonyl (C=O) groups excluding carboxylic acids is 2. The summed E-state index contributed by atoms with van der Waals surface area (Å²) in [6.07, 6.45) is 1.85. The molecule has 1 aromatic carbocycles. The van der Waals surface area contributed by atoms with E-state index in [1.807, 2.05) is 6.92 Å². The Morgan fingerprint density at radius 1 is 1.42 bits per heavy atom. The van der Waals surface area contributed by atoms with Crippen molar-refractivity contribution < 1.29 is 18.4 Å². The molecule has 0 aromatic heterocycles. The zero-order chi connectivity index (χ0) is 17.5. The molecule has 0 saturated carbocycles. The smallest absolute Gasteiger partial charge is 0.237 e. The molecule has 1 unspecified atom stereocenters. The van der Waals surface area contributed by atoms with Crippen molar-refractivity contribution in [2.75, 3.05) is 19.6 Å². The van der Waals surface area contributed by atoms with E-state index in [0.29, 0.717) is 19.6 Å². The molecule has 2 N–H and O–H groups in total. The van der Waals surface area contributed by atoms with Crippen molar-refractivity contribution in [3.05, 3.63) is 35.4 Å². The highest BCUT2D eigenvalue weighted by molar-refractivity contribution is 5.88. The van der Waals surface area contributed by atoms with Crippen molar-refractivity contribution in [3.8, 4) is 0 Å². The predicted molar refractivity (Wildman–Crippen MR) is 86.1 cm³/mol. The summed E-state index contributed by atoms with van der Waals surface area (Å²) in [5, 5.41) is 5.49. The van der Waals surface area contributed by atoms with Crippen LogP contribution in [0.5, 0.6) is 0 Å². The molecule has 2 rings (SSSR count). The summed E-state index contributed by atoms with van der Waals surface area (Å²) in [4.78, 5) is 25.8. The molecule has 1 aliphatic heterocycles. The molecule has 1 aromatic rings. The first kappa shape index (κ1) is 18.3. The summed E-state index contributed by atoms with van der Waals surface area (Å²) in [5.41, 5.74) is 0.182. The molecule has 5 nitrogen and oxygen atoms in total. The van der Waals surface area contributed by atoms with Crippen molar-refractivity contribution in [1.29, 1.82) is 0 Å². The molecule has 24 heavy (non-hydrogen) atoms. The molecule has 0 aliphatic carbocycles. The normalized spacial score (nSPS) is 18.3. The zero-order valence-electron chi connectivity index (χ0n) is 13.8. The fourth-order valence-corrected chi connectivity index (χ4v) is 2.71. The van der Waals surface area contributed by atoms with Gasteiger partial charge in [0.2, 0.25) is 11.8 Å². The van der Waals surface area contributed by atoms with Crippen LogP contribution in [0.3, 0.4) is 0 Å². The standard InChI is InChI=1S/C17H23F2N3O2/c1-2-3-7-20-15(23)10-14-17(24)21-8-9-22(14)11-12-5-4-6-13(18)16(12)19/h4-6,14H,2-3,7-11H2,1H3,(H,20,23)(H,21,24). The highest BCUT2D eigenvalue weighted by Crippen LogP contribution is 2.18. The van der Waals surface area contributed by atoms with E-state index in [0.717, 1.165) is 18.9 Å². The number of halogens is 2.